The molecule has 0 heterocycles. The van der Waals surface area contributed by atoms with Crippen molar-refractivity contribution in [1.82, 2.24) is 5.32 Å². The molecule has 4 rings (SSSR count). The molecule has 98 valence electrons. The van der Waals surface area contributed by atoms with E-state index in [0.717, 1.165) is 5.92 Å². The normalized spacial score (nSPS) is 54.0. The van der Waals surface area contributed by atoms with E-state index in [1.54, 1.807) is 0 Å². The third-order valence-electron chi connectivity index (χ3n) is 5.97. The molecule has 4 fully saturated rings. The predicted molar refractivity (Wildman–Crippen MR) is 73.0 cm³/mol. The first-order valence-electron chi connectivity index (χ1n) is 7.53. The van der Waals surface area contributed by atoms with Crippen molar-refractivity contribution in [2.75, 3.05) is 7.05 Å². The van der Waals surface area contributed by atoms with E-state index in [4.69, 9.17) is 0 Å². The molecule has 0 aromatic rings. The molecule has 1 N–H and O–H groups in total. The van der Waals surface area contributed by atoms with Gasteiger partial charge in [0.05, 0.1) is 0 Å². The highest BCUT2D eigenvalue weighted by Crippen LogP contribution is 2.70. The molecular formula is C16H29N. The van der Waals surface area contributed by atoms with Crippen molar-refractivity contribution in [3.63, 3.8) is 0 Å². The molecular weight excluding hydrogens is 206 g/mol. The third-order valence-corrected chi connectivity index (χ3v) is 5.97. The predicted octanol–water partition coefficient (Wildman–Crippen LogP) is 3.98. The lowest BCUT2D eigenvalue weighted by molar-refractivity contribution is -0.149. The van der Waals surface area contributed by atoms with Gasteiger partial charge in [0.25, 0.3) is 0 Å². The van der Waals surface area contributed by atoms with E-state index in [1.165, 1.54) is 44.9 Å². The zero-order chi connectivity index (χ0) is 12.3. The van der Waals surface area contributed by atoms with Gasteiger partial charge < -0.3 is 5.32 Å². The highest BCUT2D eigenvalue weighted by Gasteiger charge is 2.59. The maximum Gasteiger partial charge on any atom is 0.00410 e. The molecule has 0 radical (unpaired) electrons. The molecule has 0 aliphatic heterocycles. The topological polar surface area (TPSA) is 12.0 Å². The van der Waals surface area contributed by atoms with Gasteiger partial charge in [0.1, 0.15) is 0 Å². The molecule has 0 saturated heterocycles. The van der Waals surface area contributed by atoms with Crippen LogP contribution in [-0.4, -0.2) is 13.1 Å². The average molecular weight is 235 g/mol. The smallest absolute Gasteiger partial charge is 0.00410 e. The molecule has 0 spiro atoms. The Labute approximate surface area is 107 Å². The highest BCUT2D eigenvalue weighted by atomic mass is 14.9. The summed E-state index contributed by atoms with van der Waals surface area (Å²) in [6.07, 6.45) is 10.5. The van der Waals surface area contributed by atoms with Crippen LogP contribution in [0.4, 0.5) is 0 Å². The Morgan fingerprint density at radius 1 is 1.06 bits per heavy atom. The zero-order valence-electron chi connectivity index (χ0n) is 12.1. The van der Waals surface area contributed by atoms with Gasteiger partial charge in [-0.05, 0) is 81.1 Å². The second-order valence-corrected chi connectivity index (χ2v) is 8.52. The zero-order valence-corrected chi connectivity index (χ0v) is 12.1. The van der Waals surface area contributed by atoms with Crippen LogP contribution in [0.25, 0.3) is 0 Å². The van der Waals surface area contributed by atoms with Crippen molar-refractivity contribution >= 4 is 0 Å². The molecule has 1 heteroatoms. The molecule has 4 saturated carbocycles. The van der Waals surface area contributed by atoms with Gasteiger partial charge in [-0.15, -0.1) is 0 Å². The molecule has 0 amide bonds. The second kappa shape index (κ2) is 3.50. The summed E-state index contributed by atoms with van der Waals surface area (Å²) in [6, 6.07) is 0.693. The van der Waals surface area contributed by atoms with Crippen LogP contribution in [-0.2, 0) is 0 Å². The standard InChI is InChI=1S/C16H29N/c1-12(17-4)5-16-8-13-6-14(2,10-16)9-15(3,7-13)11-16/h12-13,17H,5-11H2,1-4H3. The van der Waals surface area contributed by atoms with Gasteiger partial charge in [-0.2, -0.15) is 0 Å². The Hall–Kier alpha value is -0.0400. The van der Waals surface area contributed by atoms with Crippen LogP contribution in [0.2, 0.25) is 0 Å². The van der Waals surface area contributed by atoms with E-state index in [2.05, 4.69) is 33.1 Å². The summed E-state index contributed by atoms with van der Waals surface area (Å²) in [4.78, 5) is 0. The van der Waals surface area contributed by atoms with Crippen molar-refractivity contribution < 1.29 is 0 Å². The summed E-state index contributed by atoms with van der Waals surface area (Å²) in [7, 11) is 2.12. The van der Waals surface area contributed by atoms with E-state index in [0.29, 0.717) is 22.3 Å². The Bertz CT molecular complexity index is 303. The molecule has 4 aliphatic rings. The van der Waals surface area contributed by atoms with Crippen molar-refractivity contribution in [3.8, 4) is 0 Å². The van der Waals surface area contributed by atoms with Crippen molar-refractivity contribution in [3.05, 3.63) is 0 Å². The molecule has 4 aliphatic carbocycles. The number of rotatable bonds is 3. The summed E-state index contributed by atoms with van der Waals surface area (Å²) >= 11 is 0. The van der Waals surface area contributed by atoms with E-state index < -0.39 is 0 Å². The first-order valence-corrected chi connectivity index (χ1v) is 7.53. The minimum Gasteiger partial charge on any atom is -0.317 e. The van der Waals surface area contributed by atoms with Crippen LogP contribution in [0.3, 0.4) is 0 Å². The van der Waals surface area contributed by atoms with Gasteiger partial charge in [-0.3, -0.25) is 0 Å². The average Bonchev–Trinajstić information content (AvgIpc) is 2.10. The van der Waals surface area contributed by atoms with Gasteiger partial charge in [0.2, 0.25) is 0 Å². The van der Waals surface area contributed by atoms with Gasteiger partial charge in [0.15, 0.2) is 0 Å². The Morgan fingerprint density at radius 2 is 1.65 bits per heavy atom. The summed E-state index contributed by atoms with van der Waals surface area (Å²) in [6.45, 7) is 7.52. The van der Waals surface area contributed by atoms with Gasteiger partial charge >= 0.3 is 0 Å². The summed E-state index contributed by atoms with van der Waals surface area (Å²) in [5.41, 5.74) is 2.05. The van der Waals surface area contributed by atoms with E-state index in [-0.39, 0.29) is 0 Å². The molecule has 0 aromatic heterocycles. The lowest BCUT2D eigenvalue weighted by Crippen LogP contribution is -2.56. The largest absolute Gasteiger partial charge is 0.317 e. The fraction of sp³-hybridized carbons (Fsp3) is 1.00. The Kier molecular flexibility index (Phi) is 2.47. The first kappa shape index (κ1) is 12.0. The monoisotopic (exact) mass is 235 g/mol. The Morgan fingerprint density at radius 3 is 2.12 bits per heavy atom. The fourth-order valence-corrected chi connectivity index (χ4v) is 6.66. The maximum atomic E-state index is 3.46. The van der Waals surface area contributed by atoms with Crippen molar-refractivity contribution in [2.45, 2.75) is 71.8 Å². The van der Waals surface area contributed by atoms with Crippen LogP contribution in [0.5, 0.6) is 0 Å². The molecule has 17 heavy (non-hydrogen) atoms. The molecule has 3 unspecified atom stereocenters. The lowest BCUT2D eigenvalue weighted by Gasteiger charge is -2.66. The molecule has 1 nitrogen and oxygen atoms in total. The van der Waals surface area contributed by atoms with Crippen molar-refractivity contribution in [2.24, 2.45) is 22.2 Å². The van der Waals surface area contributed by atoms with E-state index in [1.807, 2.05) is 0 Å². The van der Waals surface area contributed by atoms with E-state index >= 15 is 0 Å². The number of hydrogen-bond donors (Lipinski definition) is 1. The van der Waals surface area contributed by atoms with Crippen LogP contribution in [0.15, 0.2) is 0 Å². The molecule has 4 bridgehead atoms. The minimum absolute atomic E-state index is 0.682. The lowest BCUT2D eigenvalue weighted by atomic mass is 9.39. The van der Waals surface area contributed by atoms with Gasteiger partial charge in [-0.25, -0.2) is 0 Å². The van der Waals surface area contributed by atoms with Crippen molar-refractivity contribution in [1.29, 1.82) is 0 Å². The van der Waals surface area contributed by atoms with Gasteiger partial charge in [-0.1, -0.05) is 13.8 Å². The first-order chi connectivity index (χ1) is 7.86. The maximum absolute atomic E-state index is 3.46. The molecule has 0 aromatic carbocycles. The van der Waals surface area contributed by atoms with Gasteiger partial charge in [0, 0.05) is 6.04 Å². The quantitative estimate of drug-likeness (QED) is 0.780. The SMILES string of the molecule is CNC(C)CC12CC3CC(C)(CC(C)(C3)C1)C2. The fourth-order valence-electron chi connectivity index (χ4n) is 6.66. The number of hydrogen-bond acceptors (Lipinski definition) is 1. The number of nitrogens with one attached hydrogen (secondary N) is 1. The van der Waals surface area contributed by atoms with Crippen LogP contribution in [0.1, 0.15) is 65.7 Å². The summed E-state index contributed by atoms with van der Waals surface area (Å²) < 4.78 is 0. The van der Waals surface area contributed by atoms with Crippen LogP contribution < -0.4 is 5.32 Å². The summed E-state index contributed by atoms with van der Waals surface area (Å²) in [5, 5.41) is 3.46. The second-order valence-electron chi connectivity index (χ2n) is 8.52. The Balaban J connectivity index is 1.87. The molecule has 3 atom stereocenters. The van der Waals surface area contributed by atoms with Crippen LogP contribution >= 0.6 is 0 Å². The van der Waals surface area contributed by atoms with Crippen LogP contribution in [0, 0.1) is 22.2 Å². The third kappa shape index (κ3) is 1.95. The summed E-state index contributed by atoms with van der Waals surface area (Å²) in [5.74, 6) is 1.05. The highest BCUT2D eigenvalue weighted by molar-refractivity contribution is 5.10. The van der Waals surface area contributed by atoms with E-state index in [9.17, 15) is 0 Å². The minimum atomic E-state index is 0.682.